The minimum atomic E-state index is -0.323. The highest BCUT2D eigenvalue weighted by molar-refractivity contribution is 5.07. The van der Waals surface area contributed by atoms with Crippen molar-refractivity contribution in [1.29, 1.82) is 0 Å². The number of nitrogens with zero attached hydrogens (tertiary/aromatic N) is 5. The van der Waals surface area contributed by atoms with E-state index in [1.165, 1.54) is 0 Å². The Morgan fingerprint density at radius 1 is 1.09 bits per heavy atom. The van der Waals surface area contributed by atoms with E-state index in [1.54, 1.807) is 6.20 Å². The van der Waals surface area contributed by atoms with Gasteiger partial charge in [-0.2, -0.15) is 0 Å². The van der Waals surface area contributed by atoms with Gasteiger partial charge in [0, 0.05) is 6.20 Å². The predicted molar refractivity (Wildman–Crippen MR) is 36.7 cm³/mol. The summed E-state index contributed by atoms with van der Waals surface area (Å²) in [4.78, 5) is 4.05. The van der Waals surface area contributed by atoms with E-state index in [0.29, 0.717) is 0 Å². The van der Waals surface area contributed by atoms with Crippen LogP contribution in [0, 0.1) is 0 Å². The van der Waals surface area contributed by atoms with E-state index in [1.807, 2.05) is 18.2 Å². The first-order valence-corrected chi connectivity index (χ1v) is 3.18. The van der Waals surface area contributed by atoms with Crippen LogP contribution in [0.4, 0.5) is 0 Å². The van der Waals surface area contributed by atoms with Gasteiger partial charge in [-0.05, 0) is 22.6 Å². The van der Waals surface area contributed by atoms with Crippen molar-refractivity contribution < 1.29 is 0 Å². The number of hydrogen-bond donors (Lipinski definition) is 0. The molecule has 54 valence electrons. The Bertz CT molecular complexity index is 279. The highest BCUT2D eigenvalue weighted by Crippen LogP contribution is 2.20. The number of pyridine rings is 1. The molecule has 0 aromatic carbocycles. The molecule has 0 unspecified atom stereocenters. The maximum absolute atomic E-state index is 4.05. The molecule has 2 rings (SSSR count). The summed E-state index contributed by atoms with van der Waals surface area (Å²) in [5.41, 5.74) is 0.775. The monoisotopic (exact) mass is 147 g/mol. The molecular weight excluding hydrogens is 142 g/mol. The van der Waals surface area contributed by atoms with Gasteiger partial charge in [0.2, 0.25) is 6.17 Å². The van der Waals surface area contributed by atoms with E-state index < -0.39 is 0 Å². The molecule has 1 aliphatic heterocycles. The second kappa shape index (κ2) is 2.53. The SMILES string of the molecule is c1ccc(C2N=NN=N2)nc1. The molecule has 0 N–H and O–H groups in total. The fourth-order valence-electron chi connectivity index (χ4n) is 0.814. The van der Waals surface area contributed by atoms with E-state index >= 15 is 0 Å². The van der Waals surface area contributed by atoms with Crippen molar-refractivity contribution in [2.45, 2.75) is 6.17 Å². The smallest absolute Gasteiger partial charge is 0.226 e. The third kappa shape index (κ3) is 1.12. The highest BCUT2D eigenvalue weighted by atomic mass is 15.6. The van der Waals surface area contributed by atoms with E-state index in [4.69, 9.17) is 0 Å². The van der Waals surface area contributed by atoms with Crippen LogP contribution in [0.3, 0.4) is 0 Å². The summed E-state index contributed by atoms with van der Waals surface area (Å²) in [5.74, 6) is 0. The normalized spacial score (nSPS) is 16.0. The molecule has 5 heteroatoms. The fraction of sp³-hybridized carbons (Fsp3) is 0.167. The van der Waals surface area contributed by atoms with Gasteiger partial charge in [0.15, 0.2) is 0 Å². The van der Waals surface area contributed by atoms with E-state index in [2.05, 4.69) is 25.7 Å². The quantitative estimate of drug-likeness (QED) is 0.598. The lowest BCUT2D eigenvalue weighted by molar-refractivity contribution is 0.734. The lowest BCUT2D eigenvalue weighted by Gasteiger charge is -1.96. The molecule has 0 amide bonds. The van der Waals surface area contributed by atoms with Gasteiger partial charge in [0.1, 0.15) is 0 Å². The van der Waals surface area contributed by atoms with Crippen LogP contribution in [0.25, 0.3) is 0 Å². The Morgan fingerprint density at radius 2 is 1.91 bits per heavy atom. The molecule has 1 aromatic rings. The zero-order chi connectivity index (χ0) is 7.52. The largest absolute Gasteiger partial charge is 0.257 e. The molecule has 0 saturated carbocycles. The van der Waals surface area contributed by atoms with E-state index in [0.717, 1.165) is 5.69 Å². The molecule has 0 bridgehead atoms. The van der Waals surface area contributed by atoms with Crippen LogP contribution in [-0.2, 0) is 0 Å². The molecule has 0 saturated heterocycles. The van der Waals surface area contributed by atoms with Gasteiger partial charge in [0.05, 0.1) is 5.69 Å². The van der Waals surface area contributed by atoms with E-state index in [-0.39, 0.29) is 6.17 Å². The van der Waals surface area contributed by atoms with E-state index in [9.17, 15) is 0 Å². The fourth-order valence-corrected chi connectivity index (χ4v) is 0.814. The van der Waals surface area contributed by atoms with Crippen LogP contribution >= 0.6 is 0 Å². The van der Waals surface area contributed by atoms with Crippen molar-refractivity contribution in [2.24, 2.45) is 20.7 Å². The number of hydrogen-bond acceptors (Lipinski definition) is 5. The Hall–Kier alpha value is -1.65. The van der Waals surface area contributed by atoms with Gasteiger partial charge in [0.25, 0.3) is 0 Å². The molecule has 0 fully saturated rings. The summed E-state index contributed by atoms with van der Waals surface area (Å²) in [7, 11) is 0. The van der Waals surface area contributed by atoms with Crippen LogP contribution in [0.15, 0.2) is 45.1 Å². The number of rotatable bonds is 1. The lowest BCUT2D eigenvalue weighted by Crippen LogP contribution is -1.90. The maximum Gasteiger partial charge on any atom is 0.226 e. The van der Waals surface area contributed by atoms with Crippen LogP contribution in [0.5, 0.6) is 0 Å². The minimum Gasteiger partial charge on any atom is -0.257 e. The molecule has 0 atom stereocenters. The molecule has 2 heterocycles. The zero-order valence-corrected chi connectivity index (χ0v) is 5.62. The molecule has 1 aliphatic rings. The van der Waals surface area contributed by atoms with Crippen molar-refractivity contribution >= 4 is 0 Å². The standard InChI is InChI=1S/C6H5N5/c1-2-4-7-5(3-1)6-8-10-11-9-6/h1-4,6H. The Balaban J connectivity index is 2.30. The van der Waals surface area contributed by atoms with Gasteiger partial charge in [-0.1, -0.05) is 6.07 Å². The molecule has 0 radical (unpaired) electrons. The Labute approximate surface area is 62.9 Å². The van der Waals surface area contributed by atoms with Gasteiger partial charge in [-0.3, -0.25) is 4.98 Å². The average molecular weight is 147 g/mol. The third-order valence-electron chi connectivity index (χ3n) is 1.31. The summed E-state index contributed by atoms with van der Waals surface area (Å²) >= 11 is 0. The van der Waals surface area contributed by atoms with Crippen molar-refractivity contribution in [3.8, 4) is 0 Å². The Kier molecular flexibility index (Phi) is 1.40. The molecule has 11 heavy (non-hydrogen) atoms. The first-order chi connectivity index (χ1) is 5.47. The van der Waals surface area contributed by atoms with Crippen molar-refractivity contribution in [3.63, 3.8) is 0 Å². The van der Waals surface area contributed by atoms with Crippen molar-refractivity contribution in [3.05, 3.63) is 30.1 Å². The van der Waals surface area contributed by atoms with Crippen molar-refractivity contribution in [2.75, 3.05) is 0 Å². The molecule has 1 aromatic heterocycles. The zero-order valence-electron chi connectivity index (χ0n) is 5.62. The van der Waals surface area contributed by atoms with Gasteiger partial charge >= 0.3 is 0 Å². The summed E-state index contributed by atoms with van der Waals surface area (Å²) in [5, 5.41) is 14.2. The molecular formula is C6H5N5. The van der Waals surface area contributed by atoms with Gasteiger partial charge in [-0.25, -0.2) is 0 Å². The van der Waals surface area contributed by atoms with Crippen LogP contribution in [0.2, 0.25) is 0 Å². The summed E-state index contributed by atoms with van der Waals surface area (Å²) < 4.78 is 0. The highest BCUT2D eigenvalue weighted by Gasteiger charge is 2.12. The molecule has 5 nitrogen and oxygen atoms in total. The topological polar surface area (TPSA) is 62.3 Å². The van der Waals surface area contributed by atoms with Crippen LogP contribution in [-0.4, -0.2) is 4.98 Å². The molecule has 0 aliphatic carbocycles. The summed E-state index contributed by atoms with van der Waals surface area (Å²) in [6.45, 7) is 0. The Morgan fingerprint density at radius 3 is 2.55 bits per heavy atom. The van der Waals surface area contributed by atoms with Crippen LogP contribution < -0.4 is 0 Å². The third-order valence-corrected chi connectivity index (χ3v) is 1.31. The number of aromatic nitrogens is 1. The average Bonchev–Trinajstić information content (AvgIpc) is 2.58. The summed E-state index contributed by atoms with van der Waals surface area (Å²) in [6.07, 6.45) is 1.37. The summed E-state index contributed by atoms with van der Waals surface area (Å²) in [6, 6.07) is 5.56. The first kappa shape index (κ1) is 6.09. The van der Waals surface area contributed by atoms with Crippen LogP contribution in [0.1, 0.15) is 11.9 Å². The predicted octanol–water partition coefficient (Wildman–Crippen LogP) is 1.91. The maximum atomic E-state index is 4.05. The van der Waals surface area contributed by atoms with Crippen molar-refractivity contribution in [1.82, 2.24) is 4.98 Å². The lowest BCUT2D eigenvalue weighted by atomic mass is 10.3. The second-order valence-corrected chi connectivity index (χ2v) is 2.04. The van der Waals surface area contributed by atoms with Gasteiger partial charge in [-0.15, -0.1) is 10.2 Å². The second-order valence-electron chi connectivity index (χ2n) is 2.04. The minimum absolute atomic E-state index is 0.323. The first-order valence-electron chi connectivity index (χ1n) is 3.18. The molecule has 0 spiro atoms. The van der Waals surface area contributed by atoms with Gasteiger partial charge < -0.3 is 0 Å².